The molecule has 3 rings (SSSR count). The van der Waals surface area contributed by atoms with Gasteiger partial charge in [-0.25, -0.2) is 13.2 Å². The van der Waals surface area contributed by atoms with Crippen molar-refractivity contribution in [3.63, 3.8) is 0 Å². The van der Waals surface area contributed by atoms with Crippen LogP contribution in [0.2, 0.25) is 4.34 Å². The molecule has 2 amide bonds. The molecule has 1 unspecified atom stereocenters. The first-order chi connectivity index (χ1) is 16.0. The highest BCUT2D eigenvalue weighted by atomic mass is 35.5. The van der Waals surface area contributed by atoms with Crippen molar-refractivity contribution in [1.82, 2.24) is 0 Å². The standard InChI is InChI=1S/C22H20ClN3O6S2/c1-13(21(28)25-17-9-7-16(8-10-17)24-14(2)27)32-22(29)15-3-5-18(6-4-15)26-34(30,31)20-12-11-19(23)33-20/h3-13,26H,1-2H3,(H,24,27)(H,25,28). The van der Waals surface area contributed by atoms with Crippen LogP contribution in [0.3, 0.4) is 0 Å². The van der Waals surface area contributed by atoms with Gasteiger partial charge >= 0.3 is 5.97 Å². The van der Waals surface area contributed by atoms with E-state index in [-0.39, 0.29) is 21.4 Å². The Balaban J connectivity index is 1.56. The van der Waals surface area contributed by atoms with Crippen LogP contribution in [0.1, 0.15) is 24.2 Å². The number of amides is 2. The van der Waals surface area contributed by atoms with Crippen LogP contribution in [-0.2, 0) is 24.3 Å². The minimum absolute atomic E-state index is 0.0607. The molecule has 1 heterocycles. The van der Waals surface area contributed by atoms with E-state index in [1.54, 1.807) is 24.3 Å². The number of thiophene rings is 1. The van der Waals surface area contributed by atoms with Crippen molar-refractivity contribution in [2.24, 2.45) is 0 Å². The average Bonchev–Trinajstić information content (AvgIpc) is 3.22. The number of hydrogen-bond acceptors (Lipinski definition) is 7. The first-order valence-electron chi connectivity index (χ1n) is 9.81. The van der Waals surface area contributed by atoms with Crippen LogP contribution in [-0.4, -0.2) is 32.3 Å². The molecule has 0 saturated carbocycles. The predicted octanol–water partition coefficient (Wildman–Crippen LogP) is 4.34. The molecule has 1 aromatic heterocycles. The molecule has 0 fully saturated rings. The molecule has 0 radical (unpaired) electrons. The molecule has 0 bridgehead atoms. The molecule has 34 heavy (non-hydrogen) atoms. The number of benzene rings is 2. The summed E-state index contributed by atoms with van der Waals surface area (Å²) in [6.07, 6.45) is -1.09. The Morgan fingerprint density at radius 2 is 1.44 bits per heavy atom. The van der Waals surface area contributed by atoms with E-state index >= 15 is 0 Å². The monoisotopic (exact) mass is 521 g/mol. The molecular weight excluding hydrogens is 502 g/mol. The van der Waals surface area contributed by atoms with Gasteiger partial charge in [0.2, 0.25) is 5.91 Å². The van der Waals surface area contributed by atoms with E-state index in [0.29, 0.717) is 15.7 Å². The van der Waals surface area contributed by atoms with Gasteiger partial charge in [-0.1, -0.05) is 11.6 Å². The summed E-state index contributed by atoms with van der Waals surface area (Å²) >= 11 is 6.71. The van der Waals surface area contributed by atoms with Gasteiger partial charge in [0.25, 0.3) is 15.9 Å². The number of esters is 1. The van der Waals surface area contributed by atoms with Gasteiger partial charge in [-0.15, -0.1) is 11.3 Å². The third-order valence-corrected chi connectivity index (χ3v) is 7.42. The molecule has 0 spiro atoms. The second kappa shape index (κ2) is 10.7. The molecule has 12 heteroatoms. The molecule has 9 nitrogen and oxygen atoms in total. The van der Waals surface area contributed by atoms with E-state index < -0.39 is 28.0 Å². The summed E-state index contributed by atoms with van der Waals surface area (Å²) < 4.78 is 32.7. The Labute approximate surface area is 205 Å². The second-order valence-corrected chi connectivity index (χ2v) is 10.7. The molecule has 0 aliphatic rings. The summed E-state index contributed by atoms with van der Waals surface area (Å²) in [5.41, 5.74) is 1.43. The zero-order valence-electron chi connectivity index (χ0n) is 18.0. The Morgan fingerprint density at radius 1 is 0.882 bits per heavy atom. The van der Waals surface area contributed by atoms with Crippen molar-refractivity contribution in [3.8, 4) is 0 Å². The number of halogens is 1. The van der Waals surface area contributed by atoms with Crippen molar-refractivity contribution >= 4 is 67.8 Å². The van der Waals surface area contributed by atoms with E-state index in [1.807, 2.05) is 0 Å². The van der Waals surface area contributed by atoms with E-state index in [9.17, 15) is 22.8 Å². The van der Waals surface area contributed by atoms with Crippen molar-refractivity contribution in [2.75, 3.05) is 15.4 Å². The number of sulfonamides is 1. The van der Waals surface area contributed by atoms with Gasteiger partial charge in [0.05, 0.1) is 9.90 Å². The van der Waals surface area contributed by atoms with Gasteiger partial charge in [0.15, 0.2) is 6.10 Å². The molecule has 178 valence electrons. The number of rotatable bonds is 8. The minimum atomic E-state index is -3.80. The highest BCUT2D eigenvalue weighted by molar-refractivity contribution is 7.94. The van der Waals surface area contributed by atoms with Crippen LogP contribution < -0.4 is 15.4 Å². The summed E-state index contributed by atoms with van der Waals surface area (Å²) in [6, 6.07) is 14.9. The Hall–Kier alpha value is -3.41. The average molecular weight is 522 g/mol. The van der Waals surface area contributed by atoms with Crippen molar-refractivity contribution in [2.45, 2.75) is 24.2 Å². The fourth-order valence-corrected chi connectivity index (χ4v) is 5.23. The molecule has 0 aliphatic carbocycles. The highest BCUT2D eigenvalue weighted by Gasteiger charge is 2.20. The lowest BCUT2D eigenvalue weighted by atomic mass is 10.2. The van der Waals surface area contributed by atoms with Crippen molar-refractivity contribution in [3.05, 3.63) is 70.6 Å². The molecule has 2 aromatic carbocycles. The molecule has 0 aliphatic heterocycles. The van der Waals surface area contributed by atoms with E-state index in [1.165, 1.54) is 50.2 Å². The number of ether oxygens (including phenoxy) is 1. The van der Waals surface area contributed by atoms with Gasteiger partial charge in [-0.3, -0.25) is 14.3 Å². The smallest absolute Gasteiger partial charge is 0.338 e. The molecule has 1 atom stereocenters. The van der Waals surface area contributed by atoms with Crippen molar-refractivity contribution in [1.29, 1.82) is 0 Å². The van der Waals surface area contributed by atoms with Crippen molar-refractivity contribution < 1.29 is 27.5 Å². The van der Waals surface area contributed by atoms with E-state index in [4.69, 9.17) is 16.3 Å². The number of nitrogens with one attached hydrogen (secondary N) is 3. The van der Waals surface area contributed by atoms with Crippen LogP contribution in [0.5, 0.6) is 0 Å². The molecule has 3 N–H and O–H groups in total. The number of carbonyl (C=O) groups excluding carboxylic acids is 3. The number of hydrogen-bond donors (Lipinski definition) is 3. The summed E-state index contributed by atoms with van der Waals surface area (Å²) in [7, 11) is -3.80. The first-order valence-corrected chi connectivity index (χ1v) is 12.5. The van der Waals surface area contributed by atoms with Gasteiger partial charge in [-0.05, 0) is 67.6 Å². The Bertz CT molecular complexity index is 1310. The summed E-state index contributed by atoms with van der Waals surface area (Å²) in [5.74, 6) is -1.50. The molecule has 0 saturated heterocycles. The largest absolute Gasteiger partial charge is 0.449 e. The van der Waals surface area contributed by atoms with Crippen LogP contribution in [0.4, 0.5) is 17.1 Å². The lowest BCUT2D eigenvalue weighted by Crippen LogP contribution is -2.30. The normalized spacial score (nSPS) is 11.9. The second-order valence-electron chi connectivity index (χ2n) is 7.04. The zero-order chi connectivity index (χ0) is 24.9. The quantitative estimate of drug-likeness (QED) is 0.378. The first kappa shape index (κ1) is 25.2. The zero-order valence-corrected chi connectivity index (χ0v) is 20.4. The lowest BCUT2D eigenvalue weighted by molar-refractivity contribution is -0.123. The van der Waals surface area contributed by atoms with Gasteiger partial charge in [0, 0.05) is 24.0 Å². The van der Waals surface area contributed by atoms with E-state index in [2.05, 4.69) is 15.4 Å². The molecular formula is C22H20ClN3O6S2. The maximum Gasteiger partial charge on any atom is 0.338 e. The Kier molecular flexibility index (Phi) is 7.92. The fourth-order valence-electron chi connectivity index (χ4n) is 2.69. The van der Waals surface area contributed by atoms with E-state index in [0.717, 1.165) is 11.3 Å². The maximum atomic E-state index is 12.4. The van der Waals surface area contributed by atoms with Gasteiger partial charge in [-0.2, -0.15) is 0 Å². The van der Waals surface area contributed by atoms with Gasteiger partial charge in [0.1, 0.15) is 4.21 Å². The van der Waals surface area contributed by atoms with Crippen LogP contribution in [0.15, 0.2) is 64.9 Å². The van der Waals surface area contributed by atoms with Gasteiger partial charge < -0.3 is 15.4 Å². The lowest BCUT2D eigenvalue weighted by Gasteiger charge is -2.14. The summed E-state index contributed by atoms with van der Waals surface area (Å²) in [5, 5.41) is 5.23. The molecule has 3 aromatic rings. The minimum Gasteiger partial charge on any atom is -0.449 e. The predicted molar refractivity (Wildman–Crippen MR) is 131 cm³/mol. The number of anilines is 3. The summed E-state index contributed by atoms with van der Waals surface area (Å²) in [4.78, 5) is 35.8. The maximum absolute atomic E-state index is 12.4. The SMILES string of the molecule is CC(=O)Nc1ccc(NC(=O)C(C)OC(=O)c2ccc(NS(=O)(=O)c3ccc(Cl)s3)cc2)cc1. The van der Waals surface area contributed by atoms with Crippen LogP contribution in [0, 0.1) is 0 Å². The third-order valence-electron chi connectivity index (χ3n) is 4.31. The van der Waals surface area contributed by atoms with Crippen LogP contribution >= 0.6 is 22.9 Å². The van der Waals surface area contributed by atoms with Crippen LogP contribution in [0.25, 0.3) is 0 Å². The topological polar surface area (TPSA) is 131 Å². The summed E-state index contributed by atoms with van der Waals surface area (Å²) in [6.45, 7) is 2.81. The highest BCUT2D eigenvalue weighted by Crippen LogP contribution is 2.27. The number of carbonyl (C=O) groups is 3. The Morgan fingerprint density at radius 3 is 1.97 bits per heavy atom. The third kappa shape index (κ3) is 6.80. The fraction of sp³-hybridized carbons (Fsp3) is 0.136.